The lowest BCUT2D eigenvalue weighted by atomic mass is 10.1. The van der Waals surface area contributed by atoms with Crippen LogP contribution in [0.25, 0.3) is 0 Å². The zero-order chi connectivity index (χ0) is 9.80. The molecule has 0 N–H and O–H groups in total. The van der Waals surface area contributed by atoms with E-state index < -0.39 is 0 Å². The predicted molar refractivity (Wildman–Crippen MR) is 54.3 cm³/mol. The SMILES string of the molecule is O=C(N1CCCCC1)N1CC[N]CC1. The lowest BCUT2D eigenvalue weighted by molar-refractivity contribution is 0.137. The van der Waals surface area contributed by atoms with Gasteiger partial charge in [-0.25, -0.2) is 10.1 Å². The summed E-state index contributed by atoms with van der Waals surface area (Å²) in [6.07, 6.45) is 3.62. The van der Waals surface area contributed by atoms with Crippen molar-refractivity contribution in [2.24, 2.45) is 0 Å². The number of piperazine rings is 1. The minimum Gasteiger partial charge on any atom is -0.325 e. The lowest BCUT2D eigenvalue weighted by Crippen LogP contribution is -2.51. The fraction of sp³-hybridized carbons (Fsp3) is 0.900. The first-order chi connectivity index (χ1) is 6.88. The third-order valence-electron chi connectivity index (χ3n) is 2.95. The summed E-state index contributed by atoms with van der Waals surface area (Å²) in [5.74, 6) is 0. The van der Waals surface area contributed by atoms with Gasteiger partial charge in [0.25, 0.3) is 0 Å². The molecule has 0 bridgehead atoms. The first kappa shape index (κ1) is 9.77. The van der Waals surface area contributed by atoms with E-state index in [1.165, 1.54) is 19.3 Å². The molecule has 0 aromatic heterocycles. The monoisotopic (exact) mass is 196 g/mol. The van der Waals surface area contributed by atoms with E-state index in [1.807, 2.05) is 9.80 Å². The van der Waals surface area contributed by atoms with Gasteiger partial charge in [-0.3, -0.25) is 0 Å². The summed E-state index contributed by atoms with van der Waals surface area (Å²) in [5.41, 5.74) is 0. The van der Waals surface area contributed by atoms with Gasteiger partial charge >= 0.3 is 6.03 Å². The van der Waals surface area contributed by atoms with Gasteiger partial charge in [-0.1, -0.05) is 0 Å². The maximum absolute atomic E-state index is 12.0. The van der Waals surface area contributed by atoms with Crippen molar-refractivity contribution in [3.63, 3.8) is 0 Å². The van der Waals surface area contributed by atoms with Crippen LogP contribution in [0.1, 0.15) is 19.3 Å². The molecule has 2 saturated heterocycles. The van der Waals surface area contributed by atoms with Crippen molar-refractivity contribution in [1.29, 1.82) is 0 Å². The number of hydrogen-bond acceptors (Lipinski definition) is 1. The Balaban J connectivity index is 1.85. The fourth-order valence-corrected chi connectivity index (χ4v) is 2.08. The molecule has 14 heavy (non-hydrogen) atoms. The Kier molecular flexibility index (Phi) is 3.24. The van der Waals surface area contributed by atoms with Crippen molar-refractivity contribution >= 4 is 6.03 Å². The number of carbonyl (C=O) groups excluding carboxylic acids is 1. The summed E-state index contributed by atoms with van der Waals surface area (Å²) in [5, 5.41) is 4.24. The standard InChI is InChI=1S/C10H18N3O/c14-10(12-6-2-1-3-7-12)13-8-4-11-5-9-13/h1-9H2. The average molecular weight is 196 g/mol. The van der Waals surface area contributed by atoms with Gasteiger partial charge in [0, 0.05) is 39.3 Å². The molecule has 79 valence electrons. The number of hydrogen-bond donors (Lipinski definition) is 0. The van der Waals surface area contributed by atoms with Crippen LogP contribution >= 0.6 is 0 Å². The van der Waals surface area contributed by atoms with Gasteiger partial charge in [0.15, 0.2) is 0 Å². The van der Waals surface area contributed by atoms with Crippen LogP contribution in [0, 0.1) is 0 Å². The maximum atomic E-state index is 12.0. The van der Waals surface area contributed by atoms with Gasteiger partial charge in [0.1, 0.15) is 0 Å². The Morgan fingerprint density at radius 3 is 2.07 bits per heavy atom. The van der Waals surface area contributed by atoms with Gasteiger partial charge in [-0.2, -0.15) is 0 Å². The number of amides is 2. The summed E-state index contributed by atoms with van der Waals surface area (Å²) < 4.78 is 0. The molecule has 2 heterocycles. The third kappa shape index (κ3) is 2.18. The van der Waals surface area contributed by atoms with Crippen LogP contribution < -0.4 is 5.32 Å². The van der Waals surface area contributed by atoms with Crippen LogP contribution in [0.4, 0.5) is 4.79 Å². The number of rotatable bonds is 0. The molecule has 1 radical (unpaired) electrons. The van der Waals surface area contributed by atoms with Crippen molar-refractivity contribution in [2.75, 3.05) is 39.3 Å². The second-order valence-corrected chi connectivity index (χ2v) is 3.99. The van der Waals surface area contributed by atoms with Crippen LogP contribution in [-0.2, 0) is 0 Å². The van der Waals surface area contributed by atoms with Gasteiger partial charge in [0.05, 0.1) is 0 Å². The Labute approximate surface area is 85.2 Å². The minimum atomic E-state index is 0.236. The van der Waals surface area contributed by atoms with Crippen molar-refractivity contribution in [3.8, 4) is 0 Å². The van der Waals surface area contributed by atoms with E-state index in [0.29, 0.717) is 0 Å². The van der Waals surface area contributed by atoms with Crippen LogP contribution in [0.3, 0.4) is 0 Å². The Hall–Kier alpha value is -0.770. The normalized spacial score (nSPS) is 23.7. The summed E-state index contributed by atoms with van der Waals surface area (Å²) in [6.45, 7) is 5.17. The highest BCUT2D eigenvalue weighted by atomic mass is 16.2. The predicted octanol–water partition coefficient (Wildman–Crippen LogP) is 0.512. The summed E-state index contributed by atoms with van der Waals surface area (Å²) in [6, 6.07) is 0.236. The van der Waals surface area contributed by atoms with E-state index in [4.69, 9.17) is 0 Å². The number of likely N-dealkylation sites (tertiary alicyclic amines) is 1. The van der Waals surface area contributed by atoms with Gasteiger partial charge in [-0.05, 0) is 19.3 Å². The van der Waals surface area contributed by atoms with Crippen LogP contribution in [-0.4, -0.2) is 55.1 Å². The molecular formula is C10H18N3O. The Bertz CT molecular complexity index is 176. The summed E-state index contributed by atoms with van der Waals surface area (Å²) in [4.78, 5) is 15.9. The topological polar surface area (TPSA) is 37.7 Å². The molecule has 2 rings (SSSR count). The molecule has 4 nitrogen and oxygen atoms in total. The number of carbonyl (C=O) groups is 1. The van der Waals surface area contributed by atoms with Crippen LogP contribution in [0.2, 0.25) is 0 Å². The van der Waals surface area contributed by atoms with Gasteiger partial charge in [-0.15, -0.1) is 0 Å². The van der Waals surface area contributed by atoms with E-state index in [-0.39, 0.29) is 6.03 Å². The number of urea groups is 1. The summed E-state index contributed by atoms with van der Waals surface area (Å²) in [7, 11) is 0. The molecule has 2 aliphatic rings. The minimum absolute atomic E-state index is 0.236. The summed E-state index contributed by atoms with van der Waals surface area (Å²) >= 11 is 0. The largest absolute Gasteiger partial charge is 0.325 e. The smallest absolute Gasteiger partial charge is 0.320 e. The Morgan fingerprint density at radius 1 is 0.857 bits per heavy atom. The second-order valence-electron chi connectivity index (χ2n) is 3.99. The second kappa shape index (κ2) is 4.64. The van der Waals surface area contributed by atoms with E-state index in [0.717, 1.165) is 39.3 Å². The number of piperidine rings is 1. The molecule has 2 amide bonds. The molecule has 0 aliphatic carbocycles. The molecule has 0 spiro atoms. The first-order valence-corrected chi connectivity index (χ1v) is 5.55. The average Bonchev–Trinajstić information content (AvgIpc) is 2.30. The molecule has 4 heteroatoms. The van der Waals surface area contributed by atoms with Crippen LogP contribution in [0.5, 0.6) is 0 Å². The number of nitrogens with zero attached hydrogens (tertiary/aromatic N) is 3. The van der Waals surface area contributed by atoms with Crippen molar-refractivity contribution in [3.05, 3.63) is 0 Å². The molecule has 0 aromatic rings. The molecule has 0 unspecified atom stereocenters. The molecule has 2 aliphatic heterocycles. The Morgan fingerprint density at radius 2 is 1.43 bits per heavy atom. The molecular weight excluding hydrogens is 178 g/mol. The van der Waals surface area contributed by atoms with Crippen molar-refractivity contribution in [2.45, 2.75) is 19.3 Å². The maximum Gasteiger partial charge on any atom is 0.320 e. The zero-order valence-corrected chi connectivity index (χ0v) is 8.61. The highest BCUT2D eigenvalue weighted by Crippen LogP contribution is 2.11. The highest BCUT2D eigenvalue weighted by molar-refractivity contribution is 5.74. The van der Waals surface area contributed by atoms with Gasteiger partial charge < -0.3 is 9.80 Å². The lowest BCUT2D eigenvalue weighted by Gasteiger charge is -2.34. The molecule has 0 aromatic carbocycles. The van der Waals surface area contributed by atoms with E-state index >= 15 is 0 Å². The van der Waals surface area contributed by atoms with E-state index in [2.05, 4.69) is 5.32 Å². The van der Waals surface area contributed by atoms with Crippen molar-refractivity contribution in [1.82, 2.24) is 15.1 Å². The van der Waals surface area contributed by atoms with E-state index in [9.17, 15) is 4.79 Å². The van der Waals surface area contributed by atoms with Crippen molar-refractivity contribution < 1.29 is 4.79 Å². The zero-order valence-electron chi connectivity index (χ0n) is 8.61. The fourth-order valence-electron chi connectivity index (χ4n) is 2.08. The van der Waals surface area contributed by atoms with Crippen LogP contribution in [0.15, 0.2) is 0 Å². The van der Waals surface area contributed by atoms with E-state index in [1.54, 1.807) is 0 Å². The first-order valence-electron chi connectivity index (χ1n) is 5.55. The van der Waals surface area contributed by atoms with Gasteiger partial charge in [0.2, 0.25) is 0 Å². The molecule has 2 fully saturated rings. The molecule has 0 saturated carbocycles. The third-order valence-corrected chi connectivity index (χ3v) is 2.95. The molecule has 0 atom stereocenters. The highest BCUT2D eigenvalue weighted by Gasteiger charge is 2.23. The quantitative estimate of drug-likeness (QED) is 0.556.